The topological polar surface area (TPSA) is 76.5 Å². The van der Waals surface area contributed by atoms with Gasteiger partial charge in [0.05, 0.1) is 0 Å². The van der Waals surface area contributed by atoms with Crippen LogP contribution in [-0.4, -0.2) is 32.2 Å². The lowest BCUT2D eigenvalue weighted by Gasteiger charge is -2.11. The van der Waals surface area contributed by atoms with E-state index in [4.69, 9.17) is 4.74 Å². The molecule has 0 aliphatic rings. The first-order valence-corrected chi connectivity index (χ1v) is 8.73. The van der Waals surface area contributed by atoms with Gasteiger partial charge in [0.2, 0.25) is 5.78 Å². The van der Waals surface area contributed by atoms with E-state index in [1.165, 1.54) is 0 Å². The van der Waals surface area contributed by atoms with Crippen molar-refractivity contribution >= 4 is 28.3 Å². The van der Waals surface area contributed by atoms with Gasteiger partial charge in [0.1, 0.15) is 5.65 Å². The highest BCUT2D eigenvalue weighted by Gasteiger charge is 2.25. The average Bonchev–Trinajstić information content (AvgIpc) is 3.22. The van der Waals surface area contributed by atoms with E-state index < -0.39 is 12.1 Å². The van der Waals surface area contributed by atoms with Gasteiger partial charge in [0.15, 0.2) is 11.8 Å². The van der Waals surface area contributed by atoms with Crippen LogP contribution in [0.5, 0.6) is 0 Å². The molecule has 0 unspecified atom stereocenters. The van der Waals surface area contributed by atoms with E-state index in [0.717, 1.165) is 22.3 Å². The lowest BCUT2D eigenvalue weighted by Crippen LogP contribution is -2.25. The maximum Gasteiger partial charge on any atom is 0.359 e. The van der Waals surface area contributed by atoms with Crippen molar-refractivity contribution in [2.24, 2.45) is 0 Å². The Bertz CT molecular complexity index is 1190. The van der Waals surface area contributed by atoms with Crippen LogP contribution in [0.1, 0.15) is 39.2 Å². The summed E-state index contributed by atoms with van der Waals surface area (Å²) in [6, 6.07) is 13.2. The number of aryl methyl sites for hydroxylation is 2. The molecule has 0 amide bonds. The number of Topliss-reactive ketones (excluding diaryl/α,β-unsaturated/α-hetero) is 1. The fourth-order valence-corrected chi connectivity index (χ4v) is 3.32. The minimum absolute atomic E-state index is 0.180. The summed E-state index contributed by atoms with van der Waals surface area (Å²) in [6.45, 7) is 5.35. The largest absolute Gasteiger partial charge is 0.449 e. The molecule has 0 saturated carbocycles. The zero-order chi connectivity index (χ0) is 19.1. The number of hydrogen-bond donors (Lipinski definition) is 1. The van der Waals surface area contributed by atoms with E-state index in [-0.39, 0.29) is 11.5 Å². The van der Waals surface area contributed by atoms with Crippen molar-refractivity contribution in [2.75, 3.05) is 0 Å². The number of ether oxygens (including phenoxy) is 1. The Kier molecular flexibility index (Phi) is 4.03. The molecule has 0 fully saturated rings. The molecule has 6 heteroatoms. The maximum atomic E-state index is 12.9. The van der Waals surface area contributed by atoms with Crippen LogP contribution in [0, 0.1) is 13.8 Å². The van der Waals surface area contributed by atoms with Gasteiger partial charge in [-0.25, -0.2) is 9.78 Å². The summed E-state index contributed by atoms with van der Waals surface area (Å²) >= 11 is 0. The predicted molar refractivity (Wildman–Crippen MR) is 102 cm³/mol. The van der Waals surface area contributed by atoms with Crippen molar-refractivity contribution < 1.29 is 14.3 Å². The smallest absolute Gasteiger partial charge is 0.359 e. The number of nitrogens with zero attached hydrogens (tertiary/aromatic N) is 2. The molecule has 27 heavy (non-hydrogen) atoms. The van der Waals surface area contributed by atoms with Crippen molar-refractivity contribution in [3.63, 3.8) is 0 Å². The molecule has 1 aromatic carbocycles. The van der Waals surface area contributed by atoms with Crippen molar-refractivity contribution in [1.29, 1.82) is 0 Å². The molecule has 0 bridgehead atoms. The third-order valence-corrected chi connectivity index (χ3v) is 4.70. The lowest BCUT2D eigenvalue weighted by molar-refractivity contribution is 0.0314. The minimum Gasteiger partial charge on any atom is -0.449 e. The highest BCUT2D eigenvalue weighted by Crippen LogP contribution is 2.24. The van der Waals surface area contributed by atoms with Crippen molar-refractivity contribution in [2.45, 2.75) is 26.9 Å². The van der Waals surface area contributed by atoms with E-state index in [0.29, 0.717) is 11.2 Å². The van der Waals surface area contributed by atoms with Gasteiger partial charge in [-0.05, 0) is 39.0 Å². The molecular weight excluding hydrogens is 342 g/mol. The van der Waals surface area contributed by atoms with Gasteiger partial charge in [-0.3, -0.25) is 4.79 Å². The Morgan fingerprint density at radius 3 is 2.67 bits per heavy atom. The van der Waals surface area contributed by atoms with Crippen LogP contribution in [0.15, 0.2) is 48.7 Å². The number of esters is 1. The number of aromatic amines is 1. The first-order chi connectivity index (χ1) is 13.0. The zero-order valence-corrected chi connectivity index (χ0v) is 15.3. The van der Waals surface area contributed by atoms with Gasteiger partial charge in [0, 0.05) is 34.1 Å². The van der Waals surface area contributed by atoms with Crippen LogP contribution in [0.3, 0.4) is 0 Å². The van der Waals surface area contributed by atoms with Gasteiger partial charge >= 0.3 is 5.97 Å². The highest BCUT2D eigenvalue weighted by molar-refractivity contribution is 6.11. The van der Waals surface area contributed by atoms with E-state index in [2.05, 4.69) is 9.97 Å². The monoisotopic (exact) mass is 361 g/mol. The lowest BCUT2D eigenvalue weighted by atomic mass is 10.0. The molecule has 0 spiro atoms. The molecule has 3 aromatic heterocycles. The van der Waals surface area contributed by atoms with Gasteiger partial charge in [-0.15, -0.1) is 0 Å². The van der Waals surface area contributed by atoms with Crippen LogP contribution in [0.2, 0.25) is 0 Å². The molecular formula is C21H19N3O3. The van der Waals surface area contributed by atoms with Gasteiger partial charge < -0.3 is 14.1 Å². The van der Waals surface area contributed by atoms with Gasteiger partial charge in [-0.1, -0.05) is 24.3 Å². The molecule has 0 radical (unpaired) electrons. The summed E-state index contributed by atoms with van der Waals surface area (Å²) in [4.78, 5) is 32.9. The number of carbonyl (C=O) groups excluding carboxylic acids is 2. The number of imidazole rings is 1. The molecule has 136 valence electrons. The van der Waals surface area contributed by atoms with Crippen LogP contribution in [0.25, 0.3) is 16.6 Å². The summed E-state index contributed by atoms with van der Waals surface area (Å²) in [5.74, 6) is -0.852. The van der Waals surface area contributed by atoms with Crippen LogP contribution in [0.4, 0.5) is 0 Å². The summed E-state index contributed by atoms with van der Waals surface area (Å²) < 4.78 is 7.23. The Balaban J connectivity index is 1.59. The number of nitrogens with one attached hydrogen (secondary N) is 1. The first-order valence-electron chi connectivity index (χ1n) is 8.73. The second kappa shape index (κ2) is 6.39. The summed E-state index contributed by atoms with van der Waals surface area (Å²) in [6.07, 6.45) is 0.711. The highest BCUT2D eigenvalue weighted by atomic mass is 16.5. The number of pyridine rings is 1. The third-order valence-electron chi connectivity index (χ3n) is 4.70. The molecule has 0 aliphatic heterocycles. The number of H-pyrrole nitrogens is 1. The molecule has 1 atom stereocenters. The number of ketones is 1. The molecule has 4 aromatic rings. The van der Waals surface area contributed by atoms with Crippen molar-refractivity contribution in [3.05, 3.63) is 71.3 Å². The molecule has 4 rings (SSSR count). The summed E-state index contributed by atoms with van der Waals surface area (Å²) in [5.41, 5.74) is 3.99. The zero-order valence-electron chi connectivity index (χ0n) is 15.3. The molecule has 0 aliphatic carbocycles. The number of benzene rings is 1. The molecule has 3 heterocycles. The van der Waals surface area contributed by atoms with E-state index in [1.807, 2.05) is 60.7 Å². The quantitative estimate of drug-likeness (QED) is 0.442. The van der Waals surface area contributed by atoms with Crippen molar-refractivity contribution in [1.82, 2.24) is 14.4 Å². The number of fused-ring (bicyclic) bond motifs is 2. The third kappa shape index (κ3) is 2.89. The van der Waals surface area contributed by atoms with Crippen molar-refractivity contribution in [3.8, 4) is 0 Å². The Hall–Kier alpha value is -3.41. The normalized spacial score (nSPS) is 12.4. The molecule has 6 nitrogen and oxygen atoms in total. The second-order valence-electron chi connectivity index (χ2n) is 6.60. The van der Waals surface area contributed by atoms with Gasteiger partial charge in [0.25, 0.3) is 0 Å². The average molecular weight is 361 g/mol. The number of carbonyl (C=O) groups is 2. The fraction of sp³-hybridized carbons (Fsp3) is 0.190. The second-order valence-corrected chi connectivity index (χ2v) is 6.60. The first kappa shape index (κ1) is 17.0. The minimum atomic E-state index is -0.915. The number of para-hydroxylation sites is 1. The van der Waals surface area contributed by atoms with Gasteiger partial charge in [-0.2, -0.15) is 0 Å². The standard InChI is InChI=1S/C21H19N3O3/c1-12-7-6-10-18-23-17(11-24(12)18)21(26)27-14(3)20(25)19-13(2)22-16-9-5-4-8-15(16)19/h4-11,14,22H,1-3H3/t14-/m1/s1. The Labute approximate surface area is 155 Å². The number of hydrogen-bond acceptors (Lipinski definition) is 4. The van der Waals surface area contributed by atoms with E-state index in [1.54, 1.807) is 13.1 Å². The Morgan fingerprint density at radius 1 is 1.11 bits per heavy atom. The molecule has 0 saturated heterocycles. The predicted octanol–water partition coefficient (Wildman–Crippen LogP) is 3.86. The summed E-state index contributed by atoms with van der Waals surface area (Å²) in [7, 11) is 0. The van der Waals surface area contributed by atoms with Crippen LogP contribution >= 0.6 is 0 Å². The van der Waals surface area contributed by atoms with Crippen LogP contribution < -0.4 is 0 Å². The van der Waals surface area contributed by atoms with E-state index >= 15 is 0 Å². The summed E-state index contributed by atoms with van der Waals surface area (Å²) in [5, 5.41) is 0.825. The maximum absolute atomic E-state index is 12.9. The van der Waals surface area contributed by atoms with E-state index in [9.17, 15) is 9.59 Å². The number of aromatic nitrogens is 3. The number of rotatable bonds is 4. The SMILES string of the molecule is Cc1[nH]c2ccccc2c1C(=O)[C@@H](C)OC(=O)c1cn2c(C)cccc2n1. The fourth-order valence-electron chi connectivity index (χ4n) is 3.32. The van der Waals surface area contributed by atoms with Crippen LogP contribution in [-0.2, 0) is 4.74 Å². The Morgan fingerprint density at radius 2 is 1.89 bits per heavy atom. The molecule has 1 N–H and O–H groups in total.